The predicted molar refractivity (Wildman–Crippen MR) is 89.8 cm³/mol. The summed E-state index contributed by atoms with van der Waals surface area (Å²) in [5.41, 5.74) is 6.85. The quantitative estimate of drug-likeness (QED) is 0.754. The molecule has 0 saturated carbocycles. The van der Waals surface area contributed by atoms with Gasteiger partial charge in [-0.15, -0.1) is 0 Å². The Morgan fingerprint density at radius 1 is 1.29 bits per heavy atom. The molecule has 0 bridgehead atoms. The van der Waals surface area contributed by atoms with Gasteiger partial charge in [-0.3, -0.25) is 4.79 Å². The molecular weight excluding hydrogens is 309 g/mol. The van der Waals surface area contributed by atoms with Crippen LogP contribution >= 0.6 is 0 Å². The molecule has 3 rings (SSSR count). The van der Waals surface area contributed by atoms with E-state index in [0.717, 1.165) is 0 Å². The minimum atomic E-state index is -0.576. The van der Waals surface area contributed by atoms with Crippen molar-refractivity contribution >= 4 is 17.4 Å². The summed E-state index contributed by atoms with van der Waals surface area (Å²) in [6.07, 6.45) is 1.59. The van der Waals surface area contributed by atoms with E-state index in [-0.39, 0.29) is 11.7 Å². The van der Waals surface area contributed by atoms with Gasteiger partial charge >= 0.3 is 0 Å². The van der Waals surface area contributed by atoms with Gasteiger partial charge in [0.05, 0.1) is 11.9 Å². The lowest BCUT2D eigenvalue weighted by Crippen LogP contribution is -2.40. The lowest BCUT2D eigenvalue weighted by Gasteiger charge is -2.21. The molecule has 7 heteroatoms. The van der Waals surface area contributed by atoms with Crippen LogP contribution in [0.15, 0.2) is 42.6 Å². The number of hydrogen-bond acceptors (Lipinski definition) is 4. The molecule has 1 aromatic carbocycles. The molecule has 3 aromatic rings. The summed E-state index contributed by atoms with van der Waals surface area (Å²) in [6, 6.07) is 9.20. The van der Waals surface area contributed by atoms with E-state index in [4.69, 9.17) is 5.73 Å². The number of fused-ring (bicyclic) bond motifs is 1. The van der Waals surface area contributed by atoms with Crippen molar-refractivity contribution in [1.29, 1.82) is 0 Å². The van der Waals surface area contributed by atoms with Gasteiger partial charge in [0, 0.05) is 17.7 Å². The molecule has 1 amide bonds. The summed E-state index contributed by atoms with van der Waals surface area (Å²) in [5, 5.41) is 7.29. The highest BCUT2D eigenvalue weighted by atomic mass is 19.1. The van der Waals surface area contributed by atoms with Gasteiger partial charge in [-0.1, -0.05) is 26.0 Å². The second kappa shape index (κ2) is 6.27. The summed E-state index contributed by atoms with van der Waals surface area (Å²) in [6.45, 7) is 3.78. The summed E-state index contributed by atoms with van der Waals surface area (Å²) < 4.78 is 15.7. The SMILES string of the molecule is CC(C)[C@H](Nc1cc(-c2ccccc2F)nc2ccnn12)C(N)=O. The van der Waals surface area contributed by atoms with E-state index in [2.05, 4.69) is 15.4 Å². The highest BCUT2D eigenvalue weighted by molar-refractivity contribution is 5.83. The zero-order valence-corrected chi connectivity index (χ0v) is 13.4. The smallest absolute Gasteiger partial charge is 0.240 e. The van der Waals surface area contributed by atoms with Gasteiger partial charge in [0.1, 0.15) is 17.7 Å². The molecule has 0 spiro atoms. The molecular formula is C17H18FN5O. The Morgan fingerprint density at radius 2 is 2.04 bits per heavy atom. The van der Waals surface area contributed by atoms with Gasteiger partial charge in [0.15, 0.2) is 5.65 Å². The van der Waals surface area contributed by atoms with E-state index in [1.165, 1.54) is 6.07 Å². The number of aromatic nitrogens is 3. The summed E-state index contributed by atoms with van der Waals surface area (Å²) >= 11 is 0. The second-order valence-electron chi connectivity index (χ2n) is 5.88. The number of rotatable bonds is 5. The first kappa shape index (κ1) is 15.9. The molecule has 0 unspecified atom stereocenters. The Hall–Kier alpha value is -2.96. The molecule has 124 valence electrons. The summed E-state index contributed by atoms with van der Waals surface area (Å²) in [5.74, 6) is -0.316. The van der Waals surface area contributed by atoms with Crippen molar-refractivity contribution in [3.05, 3.63) is 48.4 Å². The van der Waals surface area contributed by atoms with E-state index in [1.807, 2.05) is 13.8 Å². The third kappa shape index (κ3) is 2.92. The number of nitrogens with zero attached hydrogens (tertiary/aromatic N) is 3. The number of primary amides is 1. The highest BCUT2D eigenvalue weighted by Crippen LogP contribution is 2.25. The predicted octanol–water partition coefficient (Wildman–Crippen LogP) is 2.46. The number of amides is 1. The lowest BCUT2D eigenvalue weighted by atomic mass is 10.0. The number of anilines is 1. The topological polar surface area (TPSA) is 85.3 Å². The van der Waals surface area contributed by atoms with Crippen molar-refractivity contribution in [2.45, 2.75) is 19.9 Å². The molecule has 24 heavy (non-hydrogen) atoms. The standard InChI is InChI=1S/C17H18FN5O/c1-10(2)16(17(19)24)22-15-9-13(11-5-3-4-6-12(11)18)21-14-7-8-20-23(14)15/h3-10,16,22H,1-2H3,(H2,19,24)/t16-/m0/s1. The molecule has 3 N–H and O–H groups in total. The molecule has 0 aliphatic heterocycles. The third-order valence-electron chi connectivity index (χ3n) is 3.79. The van der Waals surface area contributed by atoms with Crippen molar-refractivity contribution < 1.29 is 9.18 Å². The summed E-state index contributed by atoms with van der Waals surface area (Å²) in [7, 11) is 0. The first-order chi connectivity index (χ1) is 11.5. The van der Waals surface area contributed by atoms with Crippen LogP contribution in [-0.4, -0.2) is 26.5 Å². The normalized spacial score (nSPS) is 12.5. The fraction of sp³-hybridized carbons (Fsp3) is 0.235. The number of carbonyl (C=O) groups is 1. The fourth-order valence-electron chi connectivity index (χ4n) is 2.55. The minimum Gasteiger partial charge on any atom is -0.368 e. The fourth-order valence-corrected chi connectivity index (χ4v) is 2.55. The van der Waals surface area contributed by atoms with Crippen LogP contribution < -0.4 is 11.1 Å². The Balaban J connectivity index is 2.12. The van der Waals surface area contributed by atoms with Crippen molar-refractivity contribution in [2.24, 2.45) is 11.7 Å². The molecule has 0 radical (unpaired) electrons. The Kier molecular flexibility index (Phi) is 4.16. The molecule has 1 atom stereocenters. The van der Waals surface area contributed by atoms with Gasteiger partial charge in [0.25, 0.3) is 0 Å². The molecule has 0 aliphatic rings. The Bertz CT molecular complexity index is 890. The maximum atomic E-state index is 14.1. The van der Waals surface area contributed by atoms with Crippen molar-refractivity contribution in [3.63, 3.8) is 0 Å². The van der Waals surface area contributed by atoms with Crippen molar-refractivity contribution in [3.8, 4) is 11.3 Å². The number of carbonyl (C=O) groups excluding carboxylic acids is 1. The number of halogens is 1. The van der Waals surface area contributed by atoms with Crippen LogP contribution in [0.25, 0.3) is 16.9 Å². The average molecular weight is 327 g/mol. The van der Waals surface area contributed by atoms with Crippen LogP contribution in [0, 0.1) is 11.7 Å². The maximum absolute atomic E-state index is 14.1. The first-order valence-corrected chi connectivity index (χ1v) is 7.63. The molecule has 0 fully saturated rings. The van der Waals surface area contributed by atoms with Gasteiger partial charge in [-0.2, -0.15) is 9.61 Å². The zero-order valence-electron chi connectivity index (χ0n) is 13.4. The van der Waals surface area contributed by atoms with E-state index in [1.54, 1.807) is 41.0 Å². The van der Waals surface area contributed by atoms with E-state index in [9.17, 15) is 9.18 Å². The van der Waals surface area contributed by atoms with E-state index < -0.39 is 11.9 Å². The summed E-state index contributed by atoms with van der Waals surface area (Å²) in [4.78, 5) is 16.1. The van der Waals surface area contributed by atoms with Crippen LogP contribution in [0.3, 0.4) is 0 Å². The largest absolute Gasteiger partial charge is 0.368 e. The number of nitrogens with one attached hydrogen (secondary N) is 1. The number of benzene rings is 1. The lowest BCUT2D eigenvalue weighted by molar-refractivity contribution is -0.119. The molecule has 0 aliphatic carbocycles. The van der Waals surface area contributed by atoms with Gasteiger partial charge < -0.3 is 11.1 Å². The van der Waals surface area contributed by atoms with Crippen molar-refractivity contribution in [2.75, 3.05) is 5.32 Å². The monoisotopic (exact) mass is 327 g/mol. The Labute approximate surface area is 138 Å². The van der Waals surface area contributed by atoms with Crippen LogP contribution in [0.1, 0.15) is 13.8 Å². The van der Waals surface area contributed by atoms with Crippen LogP contribution in [-0.2, 0) is 4.79 Å². The third-order valence-corrected chi connectivity index (χ3v) is 3.79. The zero-order chi connectivity index (χ0) is 17.3. The minimum absolute atomic E-state index is 0.0156. The van der Waals surface area contributed by atoms with Crippen LogP contribution in [0.5, 0.6) is 0 Å². The van der Waals surface area contributed by atoms with Gasteiger partial charge in [-0.25, -0.2) is 9.37 Å². The van der Waals surface area contributed by atoms with Gasteiger partial charge in [-0.05, 0) is 18.1 Å². The van der Waals surface area contributed by atoms with Crippen LogP contribution in [0.4, 0.5) is 10.2 Å². The number of nitrogens with two attached hydrogens (primary N) is 1. The molecule has 6 nitrogen and oxygen atoms in total. The molecule has 0 saturated heterocycles. The van der Waals surface area contributed by atoms with E-state index >= 15 is 0 Å². The van der Waals surface area contributed by atoms with Crippen LogP contribution in [0.2, 0.25) is 0 Å². The van der Waals surface area contributed by atoms with Crippen molar-refractivity contribution in [1.82, 2.24) is 14.6 Å². The molecule has 2 heterocycles. The highest BCUT2D eigenvalue weighted by Gasteiger charge is 2.21. The maximum Gasteiger partial charge on any atom is 0.240 e. The second-order valence-corrected chi connectivity index (χ2v) is 5.88. The van der Waals surface area contributed by atoms with E-state index in [0.29, 0.717) is 22.7 Å². The first-order valence-electron chi connectivity index (χ1n) is 7.63. The average Bonchev–Trinajstić information content (AvgIpc) is 3.00. The number of hydrogen-bond donors (Lipinski definition) is 2. The van der Waals surface area contributed by atoms with Gasteiger partial charge in [0.2, 0.25) is 5.91 Å². The molecule has 2 aromatic heterocycles. The Morgan fingerprint density at radius 3 is 2.71 bits per heavy atom.